The zero-order valence-corrected chi connectivity index (χ0v) is 15.0. The normalized spacial score (nSPS) is 20.7. The van der Waals surface area contributed by atoms with Crippen LogP contribution in [0.2, 0.25) is 5.02 Å². The molecule has 23 heavy (non-hydrogen) atoms. The number of hydrogen-bond acceptors (Lipinski definition) is 5. The minimum absolute atomic E-state index is 0.253. The minimum atomic E-state index is -0.354. The topological polar surface area (TPSA) is 41.9 Å². The van der Waals surface area contributed by atoms with Crippen molar-refractivity contribution < 1.29 is 9.53 Å². The van der Waals surface area contributed by atoms with E-state index in [1.807, 2.05) is 38.1 Å². The Balaban J connectivity index is 2.19. The van der Waals surface area contributed by atoms with Gasteiger partial charge < -0.3 is 9.64 Å². The van der Waals surface area contributed by atoms with E-state index < -0.39 is 0 Å². The number of hydrogen-bond donors (Lipinski definition) is 0. The number of allylic oxidation sites excluding steroid dienone is 3. The lowest BCUT2D eigenvalue weighted by atomic mass is 9.94. The number of aliphatic imine (C=N–C) groups is 1. The largest absolute Gasteiger partial charge is 0.466 e. The Labute approximate surface area is 144 Å². The number of rotatable bonds is 2. The van der Waals surface area contributed by atoms with E-state index in [-0.39, 0.29) is 12.0 Å². The summed E-state index contributed by atoms with van der Waals surface area (Å²) in [5.41, 5.74) is 3.34. The third-order valence-electron chi connectivity index (χ3n) is 4.10. The molecule has 1 aromatic carbocycles. The average Bonchev–Trinajstić information content (AvgIpc) is 2.80. The summed E-state index contributed by atoms with van der Waals surface area (Å²) in [5.74, 6) is -0.354. The first-order valence-corrected chi connectivity index (χ1v) is 8.41. The number of thioether (sulfide) groups is 1. The first kappa shape index (κ1) is 16.1. The summed E-state index contributed by atoms with van der Waals surface area (Å²) in [6.07, 6.45) is 0. The van der Waals surface area contributed by atoms with Crippen LogP contribution in [0.15, 0.2) is 51.1 Å². The zero-order chi connectivity index (χ0) is 16.7. The summed E-state index contributed by atoms with van der Waals surface area (Å²) >= 11 is 7.64. The lowest BCUT2D eigenvalue weighted by molar-refractivity contribution is -0.136. The predicted octanol–water partition coefficient (Wildman–Crippen LogP) is 4.50. The van der Waals surface area contributed by atoms with Crippen LogP contribution in [0.1, 0.15) is 32.4 Å². The van der Waals surface area contributed by atoms with Crippen LogP contribution in [-0.4, -0.2) is 23.1 Å². The van der Waals surface area contributed by atoms with Crippen molar-refractivity contribution in [3.63, 3.8) is 0 Å². The van der Waals surface area contributed by atoms with Gasteiger partial charge in [-0.25, -0.2) is 9.79 Å². The molecule has 0 saturated heterocycles. The molecule has 2 heterocycles. The van der Waals surface area contributed by atoms with Gasteiger partial charge in [0.25, 0.3) is 0 Å². The number of benzene rings is 1. The summed E-state index contributed by atoms with van der Waals surface area (Å²) in [5, 5.41) is 1.56. The molecule has 0 fully saturated rings. The Bertz CT molecular complexity index is 765. The van der Waals surface area contributed by atoms with Crippen LogP contribution in [0.25, 0.3) is 0 Å². The maximum Gasteiger partial charge on any atom is 0.338 e. The van der Waals surface area contributed by atoms with E-state index in [9.17, 15) is 4.79 Å². The number of esters is 1. The lowest BCUT2D eigenvalue weighted by Crippen LogP contribution is -2.35. The highest BCUT2D eigenvalue weighted by molar-refractivity contribution is 8.17. The second-order valence-electron chi connectivity index (χ2n) is 5.45. The Hall–Kier alpha value is -1.72. The third-order valence-corrected chi connectivity index (χ3v) is 5.42. The molecule has 6 heteroatoms. The van der Waals surface area contributed by atoms with Crippen LogP contribution in [0.3, 0.4) is 0 Å². The molecule has 0 spiro atoms. The van der Waals surface area contributed by atoms with Gasteiger partial charge in [-0.15, -0.1) is 0 Å². The van der Waals surface area contributed by atoms with Crippen molar-refractivity contribution in [2.75, 3.05) is 7.11 Å². The van der Waals surface area contributed by atoms with E-state index in [1.165, 1.54) is 12.0 Å². The van der Waals surface area contributed by atoms with E-state index in [0.29, 0.717) is 16.3 Å². The minimum Gasteiger partial charge on any atom is -0.466 e. The Morgan fingerprint density at radius 2 is 1.91 bits per heavy atom. The molecule has 0 bridgehead atoms. The highest BCUT2D eigenvalue weighted by Gasteiger charge is 2.40. The standard InChI is InChI=1S/C17H17ClN2O2S/c1-9-14(16(21)22-4)15(12-5-7-13(18)8-6-12)20-10(2)11(3)23-17(20)19-9/h5-8,15H,1-4H3/t15-/m0/s1. The monoisotopic (exact) mass is 348 g/mol. The van der Waals surface area contributed by atoms with Crippen LogP contribution >= 0.6 is 23.4 Å². The maximum atomic E-state index is 12.4. The van der Waals surface area contributed by atoms with Gasteiger partial charge in [0.2, 0.25) is 0 Å². The fraction of sp³-hybridized carbons (Fsp3) is 0.294. The number of amidine groups is 1. The molecular formula is C17H17ClN2O2S. The Morgan fingerprint density at radius 1 is 1.26 bits per heavy atom. The summed E-state index contributed by atoms with van der Waals surface area (Å²) in [4.78, 5) is 20.3. The lowest BCUT2D eigenvalue weighted by Gasteiger charge is -2.35. The molecule has 0 radical (unpaired) electrons. The highest BCUT2D eigenvalue weighted by Crippen LogP contribution is 2.46. The van der Waals surface area contributed by atoms with Crippen molar-refractivity contribution in [3.05, 3.63) is 56.7 Å². The Morgan fingerprint density at radius 3 is 2.52 bits per heavy atom. The predicted molar refractivity (Wildman–Crippen MR) is 94.1 cm³/mol. The second kappa shape index (κ2) is 6.06. The van der Waals surface area contributed by atoms with Crippen molar-refractivity contribution in [1.29, 1.82) is 0 Å². The van der Waals surface area contributed by atoms with Crippen molar-refractivity contribution in [1.82, 2.24) is 4.90 Å². The highest BCUT2D eigenvalue weighted by atomic mass is 35.5. The molecule has 1 atom stereocenters. The van der Waals surface area contributed by atoms with E-state index in [0.717, 1.165) is 16.4 Å². The maximum absolute atomic E-state index is 12.4. The van der Waals surface area contributed by atoms with Gasteiger partial charge in [0.05, 0.1) is 24.4 Å². The summed E-state index contributed by atoms with van der Waals surface area (Å²) in [6, 6.07) is 7.30. The smallest absolute Gasteiger partial charge is 0.338 e. The SMILES string of the molecule is COC(=O)C1=C(C)N=C2SC(C)=C(C)N2[C@H]1c1ccc(Cl)cc1. The van der Waals surface area contributed by atoms with Crippen molar-refractivity contribution >= 4 is 34.5 Å². The number of carbonyl (C=O) groups is 1. The van der Waals surface area contributed by atoms with E-state index >= 15 is 0 Å². The zero-order valence-electron chi connectivity index (χ0n) is 13.4. The Kier molecular flexibility index (Phi) is 4.25. The molecule has 2 aliphatic rings. The van der Waals surface area contributed by atoms with Gasteiger partial charge in [-0.3, -0.25) is 0 Å². The second-order valence-corrected chi connectivity index (χ2v) is 7.07. The third kappa shape index (κ3) is 2.68. The van der Waals surface area contributed by atoms with Crippen LogP contribution in [-0.2, 0) is 9.53 Å². The van der Waals surface area contributed by atoms with Crippen molar-refractivity contribution in [2.45, 2.75) is 26.8 Å². The number of carbonyl (C=O) groups excluding carboxylic acids is 1. The molecule has 4 nitrogen and oxygen atoms in total. The summed E-state index contributed by atoms with van der Waals surface area (Å²) < 4.78 is 5.00. The molecule has 0 N–H and O–H groups in total. The average molecular weight is 349 g/mol. The number of fused-ring (bicyclic) bond motifs is 1. The molecule has 0 aromatic heterocycles. The van der Waals surface area contributed by atoms with Crippen LogP contribution < -0.4 is 0 Å². The summed E-state index contributed by atoms with van der Waals surface area (Å²) in [6.45, 7) is 5.96. The molecule has 0 amide bonds. The molecular weight excluding hydrogens is 332 g/mol. The van der Waals surface area contributed by atoms with Gasteiger partial charge in [0, 0.05) is 15.6 Å². The number of methoxy groups -OCH3 is 1. The van der Waals surface area contributed by atoms with Gasteiger partial charge in [-0.05, 0) is 38.5 Å². The first-order valence-electron chi connectivity index (χ1n) is 7.22. The van der Waals surface area contributed by atoms with Crippen LogP contribution in [0.4, 0.5) is 0 Å². The molecule has 1 aromatic rings. The van der Waals surface area contributed by atoms with Gasteiger partial charge in [-0.2, -0.15) is 0 Å². The van der Waals surface area contributed by atoms with E-state index in [2.05, 4.69) is 16.8 Å². The van der Waals surface area contributed by atoms with Crippen LogP contribution in [0.5, 0.6) is 0 Å². The molecule has 2 aliphatic heterocycles. The molecule has 3 rings (SSSR count). The van der Waals surface area contributed by atoms with Crippen LogP contribution in [0, 0.1) is 0 Å². The molecule has 0 unspecified atom stereocenters. The van der Waals surface area contributed by atoms with Crippen molar-refractivity contribution in [3.8, 4) is 0 Å². The van der Waals surface area contributed by atoms with Gasteiger partial charge in [-0.1, -0.05) is 35.5 Å². The molecule has 0 aliphatic carbocycles. The quantitative estimate of drug-likeness (QED) is 0.738. The van der Waals surface area contributed by atoms with E-state index in [1.54, 1.807) is 11.8 Å². The number of nitrogens with zero attached hydrogens (tertiary/aromatic N) is 2. The summed E-state index contributed by atoms with van der Waals surface area (Å²) in [7, 11) is 1.40. The fourth-order valence-corrected chi connectivity index (χ4v) is 3.98. The van der Waals surface area contributed by atoms with Crippen molar-refractivity contribution in [2.24, 2.45) is 4.99 Å². The van der Waals surface area contributed by atoms with E-state index in [4.69, 9.17) is 16.3 Å². The fourth-order valence-electron chi connectivity index (χ4n) is 2.81. The molecule has 120 valence electrons. The van der Waals surface area contributed by atoms with Gasteiger partial charge in [0.15, 0.2) is 5.17 Å². The first-order chi connectivity index (χ1) is 10.9. The number of ether oxygens (including phenoxy) is 1. The number of halogens is 1. The van der Waals surface area contributed by atoms with Gasteiger partial charge in [0.1, 0.15) is 0 Å². The molecule has 0 saturated carbocycles. The van der Waals surface area contributed by atoms with Gasteiger partial charge >= 0.3 is 5.97 Å².